The first kappa shape index (κ1) is 18.2. The van der Waals surface area contributed by atoms with Crippen LogP contribution in [0.3, 0.4) is 0 Å². The number of nitrogens with one attached hydrogen (secondary N) is 2. The Morgan fingerprint density at radius 2 is 2.16 bits per heavy atom. The molecular weight excluding hydrogens is 324 g/mol. The first-order chi connectivity index (χ1) is 12.0. The molecule has 1 aromatic carbocycles. The molecule has 0 aliphatic carbocycles. The van der Waals surface area contributed by atoms with Crippen molar-refractivity contribution in [2.75, 3.05) is 20.3 Å². The fraction of sp³-hybridized carbons (Fsp3) is 0.333. The number of ether oxygens (including phenoxy) is 3. The third-order valence-corrected chi connectivity index (χ3v) is 3.60. The van der Waals surface area contributed by atoms with Gasteiger partial charge in [-0.15, -0.1) is 6.42 Å². The predicted molar refractivity (Wildman–Crippen MR) is 91.1 cm³/mol. The number of methoxy groups -OCH3 is 1. The van der Waals surface area contributed by atoms with E-state index in [1.165, 1.54) is 7.11 Å². The van der Waals surface area contributed by atoms with Crippen molar-refractivity contribution in [1.82, 2.24) is 10.6 Å². The number of urea groups is 1. The summed E-state index contributed by atoms with van der Waals surface area (Å²) in [5, 5.41) is 5.31. The Balaban J connectivity index is 2.57. The zero-order valence-electron chi connectivity index (χ0n) is 14.3. The summed E-state index contributed by atoms with van der Waals surface area (Å²) in [6.45, 7) is 3.59. The lowest BCUT2D eigenvalue weighted by atomic mass is 9.94. The number of allylic oxidation sites excluding steroid dienone is 1. The molecule has 0 unspecified atom stereocenters. The molecule has 1 aliphatic heterocycles. The van der Waals surface area contributed by atoms with E-state index in [4.69, 9.17) is 20.6 Å². The number of carbonyl (C=O) groups is 2. The maximum atomic E-state index is 12.4. The molecule has 2 rings (SSSR count). The van der Waals surface area contributed by atoms with E-state index in [1.807, 2.05) is 0 Å². The average Bonchev–Trinajstić information content (AvgIpc) is 2.58. The van der Waals surface area contributed by atoms with Gasteiger partial charge in [-0.25, -0.2) is 9.59 Å². The van der Waals surface area contributed by atoms with Crippen molar-refractivity contribution in [3.8, 4) is 23.8 Å². The molecule has 1 aliphatic rings. The van der Waals surface area contributed by atoms with E-state index in [0.717, 1.165) is 0 Å². The molecule has 2 amide bonds. The molecule has 7 nitrogen and oxygen atoms in total. The maximum absolute atomic E-state index is 12.4. The van der Waals surface area contributed by atoms with Gasteiger partial charge in [-0.1, -0.05) is 18.1 Å². The molecule has 0 radical (unpaired) electrons. The van der Waals surface area contributed by atoms with Crippen LogP contribution in [0.2, 0.25) is 0 Å². The smallest absolute Gasteiger partial charge is 0.338 e. The normalized spacial score (nSPS) is 16.4. The Kier molecular flexibility index (Phi) is 5.90. The topological polar surface area (TPSA) is 85.9 Å². The first-order valence-corrected chi connectivity index (χ1v) is 7.72. The van der Waals surface area contributed by atoms with Crippen LogP contribution in [0.25, 0.3) is 0 Å². The highest BCUT2D eigenvalue weighted by Gasteiger charge is 2.34. The van der Waals surface area contributed by atoms with Crippen molar-refractivity contribution in [1.29, 1.82) is 0 Å². The number of para-hydroxylation sites is 1. The molecule has 0 saturated carbocycles. The minimum Gasteiger partial charge on any atom is -0.493 e. The minimum atomic E-state index is -0.754. The van der Waals surface area contributed by atoms with E-state index in [-0.39, 0.29) is 13.2 Å². The van der Waals surface area contributed by atoms with Gasteiger partial charge in [0.15, 0.2) is 11.5 Å². The highest BCUT2D eigenvalue weighted by Crippen LogP contribution is 2.39. The van der Waals surface area contributed by atoms with Crippen molar-refractivity contribution in [3.05, 3.63) is 35.0 Å². The number of rotatable bonds is 6. The van der Waals surface area contributed by atoms with Crippen LogP contribution in [0.1, 0.15) is 25.5 Å². The van der Waals surface area contributed by atoms with E-state index in [2.05, 4.69) is 16.6 Å². The fourth-order valence-corrected chi connectivity index (χ4v) is 2.60. The number of esters is 1. The Morgan fingerprint density at radius 3 is 2.80 bits per heavy atom. The number of amides is 2. The fourth-order valence-electron chi connectivity index (χ4n) is 2.60. The highest BCUT2D eigenvalue weighted by atomic mass is 16.5. The van der Waals surface area contributed by atoms with E-state index >= 15 is 0 Å². The van der Waals surface area contributed by atoms with Crippen LogP contribution in [-0.4, -0.2) is 32.3 Å². The van der Waals surface area contributed by atoms with Crippen LogP contribution in [0.15, 0.2) is 29.5 Å². The molecule has 25 heavy (non-hydrogen) atoms. The maximum Gasteiger partial charge on any atom is 0.338 e. The summed E-state index contributed by atoms with van der Waals surface area (Å²) < 4.78 is 16.1. The minimum absolute atomic E-state index is 0.0176. The van der Waals surface area contributed by atoms with E-state index in [0.29, 0.717) is 28.3 Å². The Bertz CT molecular complexity index is 748. The lowest BCUT2D eigenvalue weighted by Gasteiger charge is -2.29. The summed E-state index contributed by atoms with van der Waals surface area (Å²) in [6.07, 6.45) is 5.28. The van der Waals surface area contributed by atoms with Gasteiger partial charge >= 0.3 is 12.0 Å². The second-order valence-corrected chi connectivity index (χ2v) is 5.16. The average molecular weight is 344 g/mol. The third-order valence-electron chi connectivity index (χ3n) is 3.60. The number of carbonyl (C=O) groups excluding carboxylic acids is 2. The molecule has 132 valence electrons. The second kappa shape index (κ2) is 8.11. The SMILES string of the molecule is C#CCOc1c(OC)cccc1[C@H]1NC(=O)NC(C)=C1C(=O)OCC. The third kappa shape index (κ3) is 3.86. The molecule has 1 heterocycles. The van der Waals surface area contributed by atoms with E-state index in [9.17, 15) is 9.59 Å². The highest BCUT2D eigenvalue weighted by molar-refractivity contribution is 5.95. The lowest BCUT2D eigenvalue weighted by molar-refractivity contribution is -0.139. The Labute approximate surface area is 146 Å². The van der Waals surface area contributed by atoms with Gasteiger partial charge in [0.05, 0.1) is 25.3 Å². The summed E-state index contributed by atoms with van der Waals surface area (Å²) in [4.78, 5) is 24.4. The van der Waals surface area contributed by atoms with Gasteiger partial charge in [0.1, 0.15) is 6.61 Å². The molecule has 2 N–H and O–H groups in total. The molecule has 0 spiro atoms. The molecule has 0 aromatic heterocycles. The monoisotopic (exact) mass is 344 g/mol. The summed E-state index contributed by atoms with van der Waals surface area (Å²) in [6, 6.07) is 4.00. The van der Waals surface area contributed by atoms with E-state index in [1.54, 1.807) is 32.0 Å². The van der Waals surface area contributed by atoms with Gasteiger partial charge in [0.2, 0.25) is 0 Å². The van der Waals surface area contributed by atoms with Gasteiger partial charge in [0.25, 0.3) is 0 Å². The van der Waals surface area contributed by atoms with Crippen molar-refractivity contribution in [3.63, 3.8) is 0 Å². The van der Waals surface area contributed by atoms with Crippen molar-refractivity contribution in [2.45, 2.75) is 19.9 Å². The predicted octanol–water partition coefficient (Wildman–Crippen LogP) is 1.90. The molecule has 7 heteroatoms. The molecule has 1 aromatic rings. The number of hydrogen-bond acceptors (Lipinski definition) is 5. The number of terminal acetylenes is 1. The van der Waals surface area contributed by atoms with Crippen LogP contribution in [0.5, 0.6) is 11.5 Å². The number of benzene rings is 1. The van der Waals surface area contributed by atoms with Crippen molar-refractivity contribution >= 4 is 12.0 Å². The van der Waals surface area contributed by atoms with Gasteiger partial charge in [0, 0.05) is 11.3 Å². The zero-order valence-corrected chi connectivity index (χ0v) is 14.3. The Hall–Kier alpha value is -3.14. The quantitative estimate of drug-likeness (QED) is 0.608. The standard InChI is InChI=1S/C18H20N2O5/c1-5-10-25-16-12(8-7-9-13(16)23-4)15-14(17(21)24-6-2)11(3)19-18(22)20-15/h1,7-9,15H,6,10H2,2-4H3,(H2,19,20,22)/t15-/m1/s1. The molecule has 0 bridgehead atoms. The number of hydrogen-bond donors (Lipinski definition) is 2. The van der Waals surface area contributed by atoms with Crippen LogP contribution in [0.4, 0.5) is 4.79 Å². The molecule has 0 fully saturated rings. The largest absolute Gasteiger partial charge is 0.493 e. The van der Waals surface area contributed by atoms with Crippen LogP contribution < -0.4 is 20.1 Å². The first-order valence-electron chi connectivity index (χ1n) is 7.72. The van der Waals surface area contributed by atoms with Crippen molar-refractivity contribution < 1.29 is 23.8 Å². The summed E-state index contributed by atoms with van der Waals surface area (Å²) in [7, 11) is 1.50. The second-order valence-electron chi connectivity index (χ2n) is 5.16. The van der Waals surface area contributed by atoms with Gasteiger partial charge in [-0.05, 0) is 19.9 Å². The zero-order chi connectivity index (χ0) is 18.4. The summed E-state index contributed by atoms with van der Waals surface area (Å²) in [5.74, 6) is 2.67. The van der Waals surface area contributed by atoms with Gasteiger partial charge in [-0.2, -0.15) is 0 Å². The van der Waals surface area contributed by atoms with Crippen LogP contribution >= 0.6 is 0 Å². The van der Waals surface area contributed by atoms with Gasteiger partial charge in [-0.3, -0.25) is 0 Å². The van der Waals surface area contributed by atoms with Crippen LogP contribution in [-0.2, 0) is 9.53 Å². The van der Waals surface area contributed by atoms with Crippen molar-refractivity contribution in [2.24, 2.45) is 0 Å². The van der Waals surface area contributed by atoms with Gasteiger partial charge < -0.3 is 24.8 Å². The summed E-state index contributed by atoms with van der Waals surface area (Å²) >= 11 is 0. The molecular formula is C18H20N2O5. The van der Waals surface area contributed by atoms with Crippen LogP contribution in [0, 0.1) is 12.3 Å². The summed E-state index contributed by atoms with van der Waals surface area (Å²) in [5.41, 5.74) is 1.25. The molecule has 0 saturated heterocycles. The Morgan fingerprint density at radius 1 is 1.40 bits per heavy atom. The lowest BCUT2D eigenvalue weighted by Crippen LogP contribution is -2.45. The van der Waals surface area contributed by atoms with E-state index < -0.39 is 18.0 Å². The molecule has 1 atom stereocenters.